The first-order valence-electron chi connectivity index (χ1n) is 11.7. The van der Waals surface area contributed by atoms with Crippen LogP contribution in [0.3, 0.4) is 0 Å². The number of rotatable bonds is 4. The number of fused-ring (bicyclic) bond motifs is 2. The standard InChI is InChI=1S/C28H32NOSi/c1-20-27(24-19-11-13-21-12-7-8-16-23(21)24)25-17-9-10-18-26(25)28(20)31(30)29(2,3)22-14-5-4-6-15-22/h7-13,16-19,22,28H,4-6,14-15H2,1-3H3/q+1. The zero-order valence-corrected chi connectivity index (χ0v) is 19.9. The Kier molecular flexibility index (Phi) is 5.27. The quantitative estimate of drug-likeness (QED) is 0.428. The van der Waals surface area contributed by atoms with Crippen molar-refractivity contribution in [2.75, 3.05) is 14.1 Å². The van der Waals surface area contributed by atoms with Crippen LogP contribution in [0.25, 0.3) is 16.3 Å². The minimum absolute atomic E-state index is 0.0205. The Bertz CT molecular complexity index is 1180. The van der Waals surface area contributed by atoms with Gasteiger partial charge in [-0.1, -0.05) is 73.2 Å². The highest BCUT2D eigenvalue weighted by Crippen LogP contribution is 2.47. The van der Waals surface area contributed by atoms with E-state index in [1.165, 1.54) is 70.7 Å². The molecule has 0 saturated heterocycles. The summed E-state index contributed by atoms with van der Waals surface area (Å²) in [5.74, 6) is 0. The Balaban J connectivity index is 1.65. The number of benzene rings is 3. The second-order valence-electron chi connectivity index (χ2n) is 9.77. The lowest BCUT2D eigenvalue weighted by atomic mass is 9.93. The molecule has 31 heavy (non-hydrogen) atoms. The molecule has 1 atom stereocenters. The van der Waals surface area contributed by atoms with E-state index in [0.29, 0.717) is 10.2 Å². The van der Waals surface area contributed by atoms with Gasteiger partial charge in [-0.2, -0.15) is 0 Å². The molecular formula is C28H32NOSi+. The Hall–Kier alpha value is -2.36. The maximum atomic E-state index is 14.3. The lowest BCUT2D eigenvalue weighted by Gasteiger charge is -2.40. The summed E-state index contributed by atoms with van der Waals surface area (Å²) in [6.07, 6.45) is 6.29. The van der Waals surface area contributed by atoms with Crippen LogP contribution < -0.4 is 0 Å². The monoisotopic (exact) mass is 426 g/mol. The molecule has 158 valence electrons. The van der Waals surface area contributed by atoms with Crippen molar-refractivity contribution < 1.29 is 8.61 Å². The van der Waals surface area contributed by atoms with Crippen molar-refractivity contribution in [1.29, 1.82) is 0 Å². The summed E-state index contributed by atoms with van der Waals surface area (Å²) in [6.45, 7) is 2.23. The van der Waals surface area contributed by atoms with Crippen molar-refractivity contribution in [2.45, 2.75) is 50.6 Å². The highest BCUT2D eigenvalue weighted by Gasteiger charge is 2.48. The number of allylic oxidation sites excluding steroid dienone is 1. The molecule has 3 heteroatoms. The first-order valence-corrected chi connectivity index (χ1v) is 13.1. The van der Waals surface area contributed by atoms with Gasteiger partial charge in [-0.25, -0.2) is 0 Å². The molecule has 0 amide bonds. The van der Waals surface area contributed by atoms with Crippen LogP contribution in [-0.4, -0.2) is 33.1 Å². The van der Waals surface area contributed by atoms with Crippen molar-refractivity contribution in [1.82, 2.24) is 0 Å². The van der Waals surface area contributed by atoms with Crippen LogP contribution >= 0.6 is 0 Å². The molecule has 0 N–H and O–H groups in total. The number of quaternary nitrogens is 1. The second kappa shape index (κ2) is 7.96. The van der Waals surface area contributed by atoms with Crippen molar-refractivity contribution in [3.8, 4) is 0 Å². The highest BCUT2D eigenvalue weighted by atomic mass is 28.3. The fourth-order valence-electron chi connectivity index (χ4n) is 5.92. The largest absolute Gasteiger partial charge is 0.565 e. The summed E-state index contributed by atoms with van der Waals surface area (Å²) in [6, 6.07) is 24.4. The highest BCUT2D eigenvalue weighted by molar-refractivity contribution is 6.39. The van der Waals surface area contributed by atoms with Crippen molar-refractivity contribution in [2.24, 2.45) is 0 Å². The van der Waals surface area contributed by atoms with Crippen LogP contribution in [0, 0.1) is 0 Å². The first-order chi connectivity index (χ1) is 15.0. The number of hydrogen-bond donors (Lipinski definition) is 0. The van der Waals surface area contributed by atoms with Crippen LogP contribution in [0.5, 0.6) is 0 Å². The fourth-order valence-corrected chi connectivity index (χ4v) is 8.24. The Morgan fingerprint density at radius 2 is 1.45 bits per heavy atom. The molecule has 1 fully saturated rings. The van der Waals surface area contributed by atoms with Crippen molar-refractivity contribution in [3.63, 3.8) is 0 Å². The van der Waals surface area contributed by atoms with Gasteiger partial charge in [0.1, 0.15) is 5.54 Å². The predicted octanol–water partition coefficient (Wildman–Crippen LogP) is 6.63. The van der Waals surface area contributed by atoms with Gasteiger partial charge in [0.15, 0.2) is 0 Å². The van der Waals surface area contributed by atoms with Gasteiger partial charge in [0, 0.05) is 0 Å². The zero-order valence-electron chi connectivity index (χ0n) is 18.9. The molecule has 0 aromatic heterocycles. The van der Waals surface area contributed by atoms with E-state index in [2.05, 4.69) is 87.7 Å². The normalized spacial score (nSPS) is 19.6. The van der Waals surface area contributed by atoms with Gasteiger partial charge in [0.05, 0.1) is 20.1 Å². The fraction of sp³-hybridized carbons (Fsp3) is 0.357. The van der Waals surface area contributed by atoms with Crippen LogP contribution in [0.4, 0.5) is 0 Å². The van der Waals surface area contributed by atoms with E-state index >= 15 is 0 Å². The van der Waals surface area contributed by atoms with Gasteiger partial charge in [-0.05, 0) is 71.2 Å². The first kappa shape index (κ1) is 20.5. The Labute approximate surface area is 187 Å². The second-order valence-corrected chi connectivity index (χ2v) is 12.2. The van der Waals surface area contributed by atoms with E-state index in [4.69, 9.17) is 0 Å². The SMILES string of the molecule is CC1=C(c2cccc3ccccc23)c2ccccc2C1[Si](=O)[N+](C)(C)C1CCCCC1. The van der Waals surface area contributed by atoms with Crippen molar-refractivity contribution >= 4 is 25.2 Å². The van der Waals surface area contributed by atoms with Gasteiger partial charge >= 0.3 is 8.84 Å². The molecule has 1 unspecified atom stereocenters. The van der Waals surface area contributed by atoms with Gasteiger partial charge in [0.25, 0.3) is 0 Å². The molecule has 3 aromatic carbocycles. The molecule has 1 saturated carbocycles. The molecule has 2 aliphatic carbocycles. The minimum Gasteiger partial charge on any atom is -0.330 e. The van der Waals surface area contributed by atoms with Gasteiger partial charge in [-0.3, -0.25) is 0 Å². The third kappa shape index (κ3) is 3.35. The van der Waals surface area contributed by atoms with Gasteiger partial charge < -0.3 is 8.61 Å². The molecule has 0 radical (unpaired) electrons. The molecule has 0 bridgehead atoms. The Morgan fingerprint density at radius 3 is 2.26 bits per heavy atom. The van der Waals surface area contributed by atoms with E-state index in [0.717, 1.165) is 0 Å². The third-order valence-corrected chi connectivity index (χ3v) is 10.5. The molecule has 0 aliphatic heterocycles. The summed E-state index contributed by atoms with van der Waals surface area (Å²) in [5, 5.41) is 2.53. The molecule has 0 heterocycles. The van der Waals surface area contributed by atoms with E-state index in [1.54, 1.807) is 0 Å². The van der Waals surface area contributed by atoms with E-state index in [1.807, 2.05) is 0 Å². The van der Waals surface area contributed by atoms with Crippen LogP contribution in [0.1, 0.15) is 61.3 Å². The minimum atomic E-state index is -1.97. The third-order valence-electron chi connectivity index (χ3n) is 7.73. The lowest BCUT2D eigenvalue weighted by Crippen LogP contribution is -2.57. The number of nitrogens with zero attached hydrogens (tertiary/aromatic N) is 1. The van der Waals surface area contributed by atoms with Gasteiger partial charge in [0.2, 0.25) is 0 Å². The van der Waals surface area contributed by atoms with Gasteiger partial charge in [-0.15, -0.1) is 0 Å². The van der Waals surface area contributed by atoms with E-state index in [9.17, 15) is 4.46 Å². The summed E-state index contributed by atoms with van der Waals surface area (Å²) >= 11 is 0. The molecule has 0 spiro atoms. The topological polar surface area (TPSA) is 17.1 Å². The van der Waals surface area contributed by atoms with Crippen LogP contribution in [0.15, 0.2) is 72.3 Å². The molecular weight excluding hydrogens is 394 g/mol. The zero-order chi connectivity index (χ0) is 21.6. The smallest absolute Gasteiger partial charge is 0.330 e. The number of hydrogen-bond acceptors (Lipinski definition) is 1. The molecule has 5 rings (SSSR count). The van der Waals surface area contributed by atoms with Crippen LogP contribution in [0.2, 0.25) is 0 Å². The summed E-state index contributed by atoms with van der Waals surface area (Å²) in [7, 11) is 2.49. The summed E-state index contributed by atoms with van der Waals surface area (Å²) < 4.78 is 15.0. The predicted molar refractivity (Wildman–Crippen MR) is 130 cm³/mol. The molecule has 2 aliphatic rings. The summed E-state index contributed by atoms with van der Waals surface area (Å²) in [5.41, 5.74) is 6.38. The van der Waals surface area contributed by atoms with Crippen LogP contribution in [-0.2, 0) is 4.46 Å². The van der Waals surface area contributed by atoms with E-state index in [-0.39, 0.29) is 5.54 Å². The summed E-state index contributed by atoms with van der Waals surface area (Å²) in [4.78, 5) is 0. The van der Waals surface area contributed by atoms with E-state index < -0.39 is 8.84 Å². The Morgan fingerprint density at radius 1 is 0.806 bits per heavy atom. The molecule has 2 nitrogen and oxygen atoms in total. The van der Waals surface area contributed by atoms with Crippen molar-refractivity contribution in [3.05, 3.63) is 89.0 Å². The maximum Gasteiger partial charge on any atom is 0.565 e. The maximum absolute atomic E-state index is 14.3. The lowest BCUT2D eigenvalue weighted by molar-refractivity contribution is -0.817. The average Bonchev–Trinajstić information content (AvgIpc) is 3.10. The average molecular weight is 427 g/mol. The molecule has 3 aromatic rings.